The lowest BCUT2D eigenvalue weighted by molar-refractivity contribution is -0.123. The summed E-state index contributed by atoms with van der Waals surface area (Å²) in [5.74, 6) is -0.545. The van der Waals surface area contributed by atoms with Gasteiger partial charge in [0, 0.05) is 0 Å². The van der Waals surface area contributed by atoms with Crippen LogP contribution < -0.4 is 4.90 Å². The Bertz CT molecular complexity index is 423. The van der Waals surface area contributed by atoms with Gasteiger partial charge < -0.3 is 0 Å². The van der Waals surface area contributed by atoms with Gasteiger partial charge in [0.2, 0.25) is 5.91 Å². The molecule has 0 bridgehead atoms. The van der Waals surface area contributed by atoms with Crippen LogP contribution in [0.1, 0.15) is 5.56 Å². The molecule has 0 N–H and O–H groups in total. The quantitative estimate of drug-likeness (QED) is 0.621. The second-order valence-corrected chi connectivity index (χ2v) is 3.08. The van der Waals surface area contributed by atoms with Crippen LogP contribution in [0.4, 0.5) is 5.69 Å². The van der Waals surface area contributed by atoms with Gasteiger partial charge in [0.15, 0.2) is 0 Å². The number of rotatable bonds is 1. The smallest absolute Gasteiger partial charge is 0.257 e. The lowest BCUT2D eigenvalue weighted by Gasteiger charge is -2.12. The third kappa shape index (κ3) is 1.14. The van der Waals surface area contributed by atoms with E-state index in [9.17, 15) is 9.59 Å². The minimum atomic E-state index is -0.361. The molecule has 14 heavy (non-hydrogen) atoms. The molecule has 2 rings (SSSR count). The van der Waals surface area contributed by atoms with Gasteiger partial charge in [-0.3, -0.25) is 9.59 Å². The van der Waals surface area contributed by atoms with Gasteiger partial charge in [0.05, 0.1) is 12.1 Å². The average Bonchev–Trinajstić information content (AvgIpc) is 2.53. The van der Waals surface area contributed by atoms with Crippen LogP contribution in [0.25, 0.3) is 0 Å². The van der Waals surface area contributed by atoms with Gasteiger partial charge in [0.1, 0.15) is 0 Å². The lowest BCUT2D eigenvalue weighted by atomic mass is 10.2. The van der Waals surface area contributed by atoms with Crippen LogP contribution in [0.15, 0.2) is 36.9 Å². The summed E-state index contributed by atoms with van der Waals surface area (Å²) in [6.07, 6.45) is 1.45. The molecule has 0 aliphatic carbocycles. The number of carbonyl (C=O) groups is 2. The van der Waals surface area contributed by atoms with Crippen molar-refractivity contribution < 1.29 is 9.59 Å². The molecular formula is C11H9NO2. The predicted molar refractivity (Wildman–Crippen MR) is 52.8 cm³/mol. The second-order valence-electron chi connectivity index (χ2n) is 3.08. The maximum atomic E-state index is 11.5. The summed E-state index contributed by atoms with van der Waals surface area (Å²) in [6.45, 7) is 3.37. The van der Waals surface area contributed by atoms with E-state index in [0.717, 1.165) is 11.6 Å². The molecule has 2 amide bonds. The standard InChI is InChI=1S/C11H9NO2/c1-2-10(13)12-9-6-4-3-5-8(9)7-11(12)14/h2-6H,1,7H2. The highest BCUT2D eigenvalue weighted by Crippen LogP contribution is 2.28. The van der Waals surface area contributed by atoms with Crippen molar-refractivity contribution in [3.8, 4) is 0 Å². The summed E-state index contributed by atoms with van der Waals surface area (Å²) >= 11 is 0. The zero-order valence-corrected chi connectivity index (χ0v) is 7.56. The first-order valence-electron chi connectivity index (χ1n) is 4.31. The number of imide groups is 1. The molecule has 0 aromatic heterocycles. The summed E-state index contributed by atoms with van der Waals surface area (Å²) in [5.41, 5.74) is 1.58. The third-order valence-electron chi connectivity index (χ3n) is 2.22. The first-order valence-corrected chi connectivity index (χ1v) is 4.31. The zero-order valence-electron chi connectivity index (χ0n) is 7.56. The van der Waals surface area contributed by atoms with Crippen LogP contribution in [-0.2, 0) is 16.0 Å². The van der Waals surface area contributed by atoms with Gasteiger partial charge in [-0.25, -0.2) is 4.90 Å². The number of amides is 2. The molecule has 0 saturated heterocycles. The fourth-order valence-electron chi connectivity index (χ4n) is 1.59. The highest BCUT2D eigenvalue weighted by atomic mass is 16.2. The Morgan fingerprint density at radius 1 is 1.43 bits per heavy atom. The van der Waals surface area contributed by atoms with Crippen LogP contribution in [0, 0.1) is 0 Å². The molecule has 0 radical (unpaired) electrons. The largest absolute Gasteiger partial charge is 0.274 e. The summed E-state index contributed by atoms with van der Waals surface area (Å²) < 4.78 is 0. The van der Waals surface area contributed by atoms with Crippen molar-refractivity contribution >= 4 is 17.5 Å². The minimum Gasteiger partial charge on any atom is -0.274 e. The number of anilines is 1. The monoisotopic (exact) mass is 187 g/mol. The van der Waals surface area contributed by atoms with Crippen molar-refractivity contribution in [2.24, 2.45) is 0 Å². The molecule has 1 aromatic carbocycles. The van der Waals surface area contributed by atoms with Gasteiger partial charge >= 0.3 is 0 Å². The van der Waals surface area contributed by atoms with E-state index in [1.807, 2.05) is 12.1 Å². The normalized spacial score (nSPS) is 14.0. The molecule has 0 spiro atoms. The molecule has 1 aliphatic heterocycles. The number of hydrogen-bond donors (Lipinski definition) is 0. The molecule has 70 valence electrons. The summed E-state index contributed by atoms with van der Waals surface area (Å²) in [5, 5.41) is 0. The number of nitrogens with zero attached hydrogens (tertiary/aromatic N) is 1. The fraction of sp³-hybridized carbons (Fsp3) is 0.0909. The molecule has 1 aromatic rings. The van der Waals surface area contributed by atoms with E-state index in [1.54, 1.807) is 12.1 Å². The first-order chi connectivity index (χ1) is 6.74. The summed E-state index contributed by atoms with van der Waals surface area (Å²) in [7, 11) is 0. The van der Waals surface area contributed by atoms with E-state index in [4.69, 9.17) is 0 Å². The van der Waals surface area contributed by atoms with Gasteiger partial charge in [-0.1, -0.05) is 24.8 Å². The minimum absolute atomic E-state index is 0.184. The van der Waals surface area contributed by atoms with Crippen molar-refractivity contribution in [2.45, 2.75) is 6.42 Å². The molecule has 3 heteroatoms. The van der Waals surface area contributed by atoms with Crippen LogP contribution >= 0.6 is 0 Å². The van der Waals surface area contributed by atoms with E-state index in [1.165, 1.54) is 4.90 Å². The molecule has 3 nitrogen and oxygen atoms in total. The van der Waals surface area contributed by atoms with Crippen molar-refractivity contribution in [2.75, 3.05) is 4.90 Å². The maximum Gasteiger partial charge on any atom is 0.257 e. The van der Waals surface area contributed by atoms with E-state index >= 15 is 0 Å². The fourth-order valence-corrected chi connectivity index (χ4v) is 1.59. The Kier molecular flexibility index (Phi) is 1.93. The summed E-state index contributed by atoms with van der Waals surface area (Å²) in [6, 6.07) is 7.28. The molecular weight excluding hydrogens is 178 g/mol. The molecule has 0 saturated carbocycles. The van der Waals surface area contributed by atoms with Crippen LogP contribution in [0.2, 0.25) is 0 Å². The van der Waals surface area contributed by atoms with E-state index in [-0.39, 0.29) is 11.8 Å². The predicted octanol–water partition coefficient (Wildman–Crippen LogP) is 1.29. The Balaban J connectivity index is 2.49. The molecule has 0 atom stereocenters. The topological polar surface area (TPSA) is 37.4 Å². The van der Waals surface area contributed by atoms with Crippen LogP contribution in [-0.4, -0.2) is 11.8 Å². The van der Waals surface area contributed by atoms with Gasteiger partial charge in [-0.05, 0) is 17.7 Å². The van der Waals surface area contributed by atoms with Gasteiger partial charge in [0.25, 0.3) is 5.91 Å². The van der Waals surface area contributed by atoms with Gasteiger partial charge in [-0.15, -0.1) is 0 Å². The number of fused-ring (bicyclic) bond motifs is 1. The molecule has 0 fully saturated rings. The Morgan fingerprint density at radius 2 is 2.14 bits per heavy atom. The van der Waals surface area contributed by atoms with E-state index in [2.05, 4.69) is 6.58 Å². The Morgan fingerprint density at radius 3 is 2.86 bits per heavy atom. The van der Waals surface area contributed by atoms with Crippen LogP contribution in [0.3, 0.4) is 0 Å². The van der Waals surface area contributed by atoms with Gasteiger partial charge in [-0.2, -0.15) is 0 Å². The van der Waals surface area contributed by atoms with Crippen molar-refractivity contribution in [3.63, 3.8) is 0 Å². The molecule has 0 unspecified atom stereocenters. The highest BCUT2D eigenvalue weighted by Gasteiger charge is 2.30. The van der Waals surface area contributed by atoms with Crippen molar-refractivity contribution in [3.05, 3.63) is 42.5 Å². The number of benzene rings is 1. The number of hydrogen-bond acceptors (Lipinski definition) is 2. The molecule has 1 aliphatic rings. The maximum absolute atomic E-state index is 11.5. The molecule has 1 heterocycles. The average molecular weight is 187 g/mol. The lowest BCUT2D eigenvalue weighted by Crippen LogP contribution is -2.31. The highest BCUT2D eigenvalue weighted by molar-refractivity contribution is 6.22. The number of carbonyl (C=O) groups excluding carboxylic acids is 2. The Hall–Kier alpha value is -1.90. The summed E-state index contributed by atoms with van der Waals surface area (Å²) in [4.78, 5) is 24.0. The Labute approximate surface area is 81.6 Å². The second kappa shape index (κ2) is 3.10. The van der Waals surface area contributed by atoms with E-state index in [0.29, 0.717) is 12.1 Å². The van der Waals surface area contributed by atoms with E-state index < -0.39 is 0 Å². The first kappa shape index (κ1) is 8.69. The zero-order chi connectivity index (χ0) is 10.1. The SMILES string of the molecule is C=CC(=O)N1C(=O)Cc2ccccc21. The van der Waals surface area contributed by atoms with Crippen molar-refractivity contribution in [1.29, 1.82) is 0 Å². The third-order valence-corrected chi connectivity index (χ3v) is 2.22. The van der Waals surface area contributed by atoms with Crippen LogP contribution in [0.5, 0.6) is 0 Å². The number of para-hydroxylation sites is 1. The van der Waals surface area contributed by atoms with Crippen molar-refractivity contribution in [1.82, 2.24) is 0 Å².